The molecule has 330 valence electrons. The first-order chi connectivity index (χ1) is 32.0. The van der Waals surface area contributed by atoms with Gasteiger partial charge in [-0.25, -0.2) is 28.8 Å². The second-order valence-electron chi connectivity index (χ2n) is 14.7. The van der Waals surface area contributed by atoms with Crippen molar-refractivity contribution in [1.29, 1.82) is 0 Å². The molecular formula is C54H42O12. The number of hydrogen-bond donors (Lipinski definition) is 0. The number of ether oxygens (including phenoxy) is 6. The van der Waals surface area contributed by atoms with Crippen molar-refractivity contribution in [3.05, 3.63) is 229 Å². The summed E-state index contributed by atoms with van der Waals surface area (Å²) in [5, 5.41) is 0. The van der Waals surface area contributed by atoms with E-state index < -0.39 is 35.8 Å². The minimum atomic E-state index is -0.521. The molecule has 0 atom stereocenters. The summed E-state index contributed by atoms with van der Waals surface area (Å²) in [7, 11) is 7.83. The maximum Gasteiger partial charge on any atom is 0.337 e. The monoisotopic (exact) mass is 882 g/mol. The van der Waals surface area contributed by atoms with Crippen LogP contribution in [0.5, 0.6) is 0 Å². The average molecular weight is 883 g/mol. The van der Waals surface area contributed by atoms with Crippen LogP contribution in [0.4, 0.5) is 0 Å². The Morgan fingerprint density at radius 3 is 0.424 bits per heavy atom. The molecule has 0 spiro atoms. The highest BCUT2D eigenvalue weighted by Gasteiger charge is 2.41. The number of carbonyl (C=O) groups is 6. The van der Waals surface area contributed by atoms with E-state index in [1.54, 1.807) is 72.8 Å². The van der Waals surface area contributed by atoms with Gasteiger partial charge >= 0.3 is 35.8 Å². The van der Waals surface area contributed by atoms with Crippen LogP contribution in [0, 0.1) is 0 Å². The zero-order valence-electron chi connectivity index (χ0n) is 36.8. The average Bonchev–Trinajstić information content (AvgIpc) is 4.08. The number of rotatable bonds is 12. The summed E-state index contributed by atoms with van der Waals surface area (Å²) < 4.78 is 30.1. The predicted molar refractivity (Wildman–Crippen MR) is 245 cm³/mol. The van der Waals surface area contributed by atoms with Gasteiger partial charge in [0.2, 0.25) is 0 Å². The number of methoxy groups -OCH3 is 6. The van der Waals surface area contributed by atoms with E-state index in [4.69, 9.17) is 28.4 Å². The van der Waals surface area contributed by atoms with Gasteiger partial charge in [0.25, 0.3) is 0 Å². The molecule has 0 heterocycles. The van der Waals surface area contributed by atoms with Crippen LogP contribution >= 0.6 is 0 Å². The molecule has 0 radical (unpaired) electrons. The van der Waals surface area contributed by atoms with E-state index in [1.165, 1.54) is 42.7 Å². The van der Waals surface area contributed by atoms with Gasteiger partial charge in [0.05, 0.1) is 76.0 Å². The number of esters is 6. The molecule has 1 fully saturated rings. The number of benzene rings is 6. The zero-order chi connectivity index (χ0) is 47.1. The molecule has 1 aliphatic rings. The molecule has 6 aromatic carbocycles. The highest BCUT2D eigenvalue weighted by Crippen LogP contribution is 2.59. The van der Waals surface area contributed by atoms with Gasteiger partial charge < -0.3 is 28.4 Å². The van der Waals surface area contributed by atoms with Crippen molar-refractivity contribution >= 4 is 52.5 Å². The Kier molecular flexibility index (Phi) is 13.6. The summed E-state index contributed by atoms with van der Waals surface area (Å²) in [5.74, 6) is -3.13. The molecule has 0 aromatic heterocycles. The molecule has 0 unspecified atom stereocenters. The normalized spacial score (nSPS) is 11.5. The first kappa shape index (κ1) is 45.4. The van der Waals surface area contributed by atoms with Gasteiger partial charge in [-0.2, -0.15) is 0 Å². The summed E-state index contributed by atoms with van der Waals surface area (Å²) >= 11 is 0. The van der Waals surface area contributed by atoms with Crippen molar-refractivity contribution in [2.24, 2.45) is 0 Å². The molecule has 0 aliphatic heterocycles. The van der Waals surface area contributed by atoms with Gasteiger partial charge in [-0.15, -0.1) is 0 Å². The molecule has 7 rings (SSSR count). The van der Waals surface area contributed by atoms with Crippen LogP contribution in [-0.4, -0.2) is 78.5 Å². The number of hydrogen-bond acceptors (Lipinski definition) is 12. The highest BCUT2D eigenvalue weighted by molar-refractivity contribution is 6.13. The van der Waals surface area contributed by atoms with Crippen LogP contribution in [0.3, 0.4) is 0 Å². The lowest BCUT2D eigenvalue weighted by atomic mass is 9.92. The van der Waals surface area contributed by atoms with Crippen molar-refractivity contribution in [3.63, 3.8) is 0 Å². The SMILES string of the molecule is COC(=O)c1ccc(C(=C2C(=C(c3ccc(C(=O)OC)cc3)c3ccc(C(=O)OC)cc3)C2=C(c2ccc(C(=O)OC)cc2)c2ccc(C(=O)OC)cc2)c2ccc(C(=O)OC)cc2)cc1. The molecule has 1 aliphatic carbocycles. The molecule has 66 heavy (non-hydrogen) atoms. The van der Waals surface area contributed by atoms with E-state index in [0.29, 0.717) is 83.5 Å². The minimum absolute atomic E-state index is 0.322. The van der Waals surface area contributed by atoms with E-state index in [1.807, 2.05) is 72.8 Å². The van der Waals surface area contributed by atoms with Crippen molar-refractivity contribution in [3.8, 4) is 0 Å². The lowest BCUT2D eigenvalue weighted by molar-refractivity contribution is 0.0592. The van der Waals surface area contributed by atoms with Crippen LogP contribution in [0.15, 0.2) is 162 Å². The molecule has 0 saturated heterocycles. The van der Waals surface area contributed by atoms with E-state index in [9.17, 15) is 28.8 Å². The van der Waals surface area contributed by atoms with Crippen LogP contribution in [0.25, 0.3) is 16.7 Å². The third kappa shape index (κ3) is 9.20. The summed E-state index contributed by atoms with van der Waals surface area (Å²) in [6.45, 7) is 0. The Morgan fingerprint density at radius 2 is 0.318 bits per heavy atom. The Labute approximate surface area is 380 Å². The second-order valence-corrected chi connectivity index (χ2v) is 14.7. The van der Waals surface area contributed by atoms with Crippen molar-refractivity contribution in [2.75, 3.05) is 42.7 Å². The Hall–Kier alpha value is -8.64. The Bertz CT molecular complexity index is 2430. The van der Waals surface area contributed by atoms with Crippen molar-refractivity contribution in [1.82, 2.24) is 0 Å². The van der Waals surface area contributed by atoms with Gasteiger partial charge in [0.15, 0.2) is 0 Å². The van der Waals surface area contributed by atoms with Gasteiger partial charge in [0, 0.05) is 0 Å². The van der Waals surface area contributed by atoms with Gasteiger partial charge in [-0.1, -0.05) is 72.8 Å². The highest BCUT2D eigenvalue weighted by atomic mass is 16.5. The van der Waals surface area contributed by atoms with Crippen molar-refractivity contribution < 1.29 is 57.2 Å². The summed E-state index contributed by atoms with van der Waals surface area (Å²) in [4.78, 5) is 76.1. The van der Waals surface area contributed by atoms with Gasteiger partial charge in [-0.05, 0) is 140 Å². The summed E-state index contributed by atoms with van der Waals surface area (Å²) in [6.07, 6.45) is 0. The minimum Gasteiger partial charge on any atom is -0.465 e. The van der Waals surface area contributed by atoms with Crippen LogP contribution in [0.1, 0.15) is 95.5 Å². The fourth-order valence-electron chi connectivity index (χ4n) is 7.65. The molecule has 6 aromatic rings. The molecule has 0 bridgehead atoms. The molecule has 0 amide bonds. The lowest BCUT2D eigenvalue weighted by Crippen LogP contribution is -2.02. The zero-order valence-corrected chi connectivity index (χ0v) is 36.8. The molecule has 1 saturated carbocycles. The third-order valence-electron chi connectivity index (χ3n) is 11.0. The smallest absolute Gasteiger partial charge is 0.337 e. The number of carbonyl (C=O) groups excluding carboxylic acids is 6. The van der Waals surface area contributed by atoms with E-state index in [0.717, 1.165) is 16.7 Å². The molecule has 0 N–H and O–H groups in total. The van der Waals surface area contributed by atoms with E-state index in [2.05, 4.69) is 0 Å². The molecule has 12 nitrogen and oxygen atoms in total. The summed E-state index contributed by atoms with van der Waals surface area (Å²) in [6, 6.07) is 41.6. The predicted octanol–water partition coefficient (Wildman–Crippen LogP) is 9.23. The van der Waals surface area contributed by atoms with Gasteiger partial charge in [0.1, 0.15) is 0 Å². The molecular weight excluding hydrogens is 841 g/mol. The largest absolute Gasteiger partial charge is 0.465 e. The topological polar surface area (TPSA) is 158 Å². The van der Waals surface area contributed by atoms with Crippen LogP contribution < -0.4 is 0 Å². The quantitative estimate of drug-likeness (QED) is 0.0849. The molecule has 12 heteroatoms. The first-order valence-corrected chi connectivity index (χ1v) is 20.3. The Balaban J connectivity index is 1.68. The maximum absolute atomic E-state index is 12.7. The lowest BCUT2D eigenvalue weighted by Gasteiger charge is -2.12. The number of allylic oxidation sites excluding steroid dienone is 3. The fourth-order valence-corrected chi connectivity index (χ4v) is 7.65. The second kappa shape index (κ2) is 19.8. The Morgan fingerprint density at radius 1 is 0.212 bits per heavy atom. The van der Waals surface area contributed by atoms with E-state index >= 15 is 0 Å². The van der Waals surface area contributed by atoms with Crippen LogP contribution in [0.2, 0.25) is 0 Å². The third-order valence-corrected chi connectivity index (χ3v) is 11.0. The fraction of sp³-hybridized carbons (Fsp3) is 0.111. The van der Waals surface area contributed by atoms with E-state index in [-0.39, 0.29) is 0 Å². The first-order valence-electron chi connectivity index (χ1n) is 20.3. The van der Waals surface area contributed by atoms with Crippen molar-refractivity contribution in [2.45, 2.75) is 0 Å². The standard InChI is InChI=1S/C54H42O12/c1-61-49(55)37-19-7-31(8-20-37)43(32-9-21-38(22-10-32)50(56)62-2)46-47(44(33-11-23-39(24-12-33)51(57)63-3)34-13-25-40(26-14-34)52(58)64-4)48(46)45(35-15-27-41(28-16-35)53(59)65-5)36-17-29-42(30-18-36)54(60)66-6/h7-30H,1-6H3. The van der Waals surface area contributed by atoms with Crippen LogP contribution in [-0.2, 0) is 28.4 Å². The maximum atomic E-state index is 12.7. The van der Waals surface area contributed by atoms with Gasteiger partial charge in [-0.3, -0.25) is 0 Å². The summed E-state index contributed by atoms with van der Waals surface area (Å²) in [5.41, 5.74) is 10.5.